The van der Waals surface area contributed by atoms with Crippen molar-refractivity contribution in [3.63, 3.8) is 0 Å². The minimum Gasteiger partial charge on any atom is -0.427 e. The van der Waals surface area contributed by atoms with Crippen LogP contribution in [-0.4, -0.2) is 17.8 Å². The lowest BCUT2D eigenvalue weighted by molar-refractivity contribution is -0.198. The van der Waals surface area contributed by atoms with Gasteiger partial charge in [-0.15, -0.1) is 0 Å². The lowest BCUT2D eigenvalue weighted by Gasteiger charge is -2.20. The summed E-state index contributed by atoms with van der Waals surface area (Å²) in [6, 6.07) is 10.9. The van der Waals surface area contributed by atoms with Crippen LogP contribution in [0.25, 0.3) is 0 Å². The Bertz CT molecular complexity index is 729. The Morgan fingerprint density at radius 1 is 1.12 bits per heavy atom. The SMILES string of the molecule is O=C(Nc1cccc(Cl)c1)Nc1ccccc1OC(F)(F)[C@@H](F)Cl. The number of halogens is 5. The third-order valence-electron chi connectivity index (χ3n) is 2.72. The van der Waals surface area contributed by atoms with E-state index in [1.807, 2.05) is 0 Å². The Hall–Kier alpha value is -2.12. The maximum atomic E-state index is 13.3. The quantitative estimate of drug-likeness (QED) is 0.675. The zero-order valence-corrected chi connectivity index (χ0v) is 13.4. The number of urea groups is 1. The Morgan fingerprint density at radius 3 is 2.50 bits per heavy atom. The molecule has 2 aromatic carbocycles. The van der Waals surface area contributed by atoms with Gasteiger partial charge in [0.1, 0.15) is 5.75 Å². The van der Waals surface area contributed by atoms with E-state index in [4.69, 9.17) is 23.2 Å². The summed E-state index contributed by atoms with van der Waals surface area (Å²) in [5, 5.41) is 5.20. The number of alkyl halides is 4. The molecule has 24 heavy (non-hydrogen) atoms. The largest absolute Gasteiger partial charge is 0.444 e. The van der Waals surface area contributed by atoms with Crippen LogP contribution in [0.3, 0.4) is 0 Å². The molecule has 4 nitrogen and oxygen atoms in total. The van der Waals surface area contributed by atoms with Gasteiger partial charge in [0.05, 0.1) is 5.69 Å². The average Bonchev–Trinajstić information content (AvgIpc) is 2.48. The van der Waals surface area contributed by atoms with Gasteiger partial charge in [0.2, 0.25) is 0 Å². The fraction of sp³-hybridized carbons (Fsp3) is 0.133. The number of benzene rings is 2. The highest BCUT2D eigenvalue weighted by Gasteiger charge is 2.42. The van der Waals surface area contributed by atoms with Crippen molar-refractivity contribution in [1.29, 1.82) is 0 Å². The van der Waals surface area contributed by atoms with E-state index >= 15 is 0 Å². The normalized spacial score (nSPS) is 12.4. The van der Waals surface area contributed by atoms with Gasteiger partial charge in [-0.25, -0.2) is 9.18 Å². The van der Waals surface area contributed by atoms with Gasteiger partial charge in [-0.05, 0) is 30.3 Å². The number of para-hydroxylation sites is 2. The molecular formula is C15H11Cl2F3N2O2. The molecule has 0 heterocycles. The van der Waals surface area contributed by atoms with Crippen molar-refractivity contribution in [3.8, 4) is 5.75 Å². The fourth-order valence-corrected chi connectivity index (χ4v) is 1.94. The molecule has 0 saturated carbocycles. The first-order valence-corrected chi connectivity index (χ1v) is 7.37. The summed E-state index contributed by atoms with van der Waals surface area (Å²) in [7, 11) is 0. The second-order valence-corrected chi connectivity index (χ2v) is 5.37. The molecule has 0 aliphatic rings. The summed E-state index contributed by atoms with van der Waals surface area (Å²) in [5.74, 6) is -0.438. The molecule has 2 rings (SSSR count). The van der Waals surface area contributed by atoms with E-state index in [1.165, 1.54) is 24.3 Å². The van der Waals surface area contributed by atoms with E-state index in [9.17, 15) is 18.0 Å². The average molecular weight is 379 g/mol. The summed E-state index contributed by atoms with van der Waals surface area (Å²) < 4.78 is 43.5. The van der Waals surface area contributed by atoms with E-state index in [-0.39, 0.29) is 5.69 Å². The maximum absolute atomic E-state index is 13.3. The third kappa shape index (κ3) is 4.94. The fourth-order valence-electron chi connectivity index (χ4n) is 1.70. The minimum absolute atomic E-state index is 0.0889. The number of hydrogen-bond acceptors (Lipinski definition) is 2. The molecule has 1 atom stereocenters. The molecule has 0 saturated heterocycles. The summed E-state index contributed by atoms with van der Waals surface area (Å²) in [5.41, 5.74) is -2.73. The van der Waals surface area contributed by atoms with Crippen LogP contribution in [0.15, 0.2) is 48.5 Å². The molecule has 2 N–H and O–H groups in total. The molecule has 0 aromatic heterocycles. The standard InChI is InChI=1S/C15H11Cl2F3N2O2/c16-9-4-3-5-10(8-9)21-14(23)22-11-6-1-2-7-12(11)24-15(19,20)13(17)18/h1-8,13H,(H2,21,22,23)/t13-/m1/s1. The first kappa shape index (κ1) is 18.2. The number of amides is 2. The van der Waals surface area contributed by atoms with Crippen LogP contribution < -0.4 is 15.4 Å². The van der Waals surface area contributed by atoms with Crippen molar-refractivity contribution in [3.05, 3.63) is 53.6 Å². The van der Waals surface area contributed by atoms with Crippen molar-refractivity contribution < 1.29 is 22.7 Å². The van der Waals surface area contributed by atoms with Gasteiger partial charge in [0.25, 0.3) is 5.63 Å². The van der Waals surface area contributed by atoms with Crippen LogP contribution >= 0.6 is 23.2 Å². The first-order chi connectivity index (χ1) is 11.3. The molecule has 128 valence electrons. The lowest BCUT2D eigenvalue weighted by Crippen LogP contribution is -2.33. The Labute approximate surface area is 145 Å². The summed E-state index contributed by atoms with van der Waals surface area (Å²) >= 11 is 10.5. The smallest absolute Gasteiger partial charge is 0.427 e. The van der Waals surface area contributed by atoms with Crippen LogP contribution in [0, 0.1) is 0 Å². The number of nitrogens with one attached hydrogen (secondary N) is 2. The van der Waals surface area contributed by atoms with Crippen molar-refractivity contribution in [1.82, 2.24) is 0 Å². The molecule has 2 aromatic rings. The van der Waals surface area contributed by atoms with Crippen molar-refractivity contribution >= 4 is 40.6 Å². The third-order valence-corrected chi connectivity index (χ3v) is 3.21. The zero-order chi connectivity index (χ0) is 17.7. The molecule has 2 amide bonds. The molecule has 0 radical (unpaired) electrons. The number of rotatable bonds is 5. The number of ether oxygens (including phenoxy) is 1. The second kappa shape index (κ2) is 7.63. The van der Waals surface area contributed by atoms with Gasteiger partial charge >= 0.3 is 12.1 Å². The molecule has 0 fully saturated rings. The molecule has 0 spiro atoms. The van der Waals surface area contributed by atoms with Gasteiger partial charge < -0.3 is 15.4 Å². The van der Waals surface area contributed by atoms with Crippen molar-refractivity contribution in [2.24, 2.45) is 0 Å². The van der Waals surface area contributed by atoms with Gasteiger partial charge in [0.15, 0.2) is 0 Å². The monoisotopic (exact) mass is 378 g/mol. The molecule has 9 heteroatoms. The zero-order valence-electron chi connectivity index (χ0n) is 11.9. The van der Waals surface area contributed by atoms with Gasteiger partial charge in [-0.1, -0.05) is 41.4 Å². The van der Waals surface area contributed by atoms with Crippen LogP contribution in [0.5, 0.6) is 5.75 Å². The minimum atomic E-state index is -4.25. The predicted octanol–water partition coefficient (Wildman–Crippen LogP) is 5.49. The number of carbonyl (C=O) groups is 1. The first-order valence-electron chi connectivity index (χ1n) is 6.55. The molecule has 0 aliphatic carbocycles. The van der Waals surface area contributed by atoms with Gasteiger partial charge in [-0.3, -0.25) is 0 Å². The Balaban J connectivity index is 2.11. The molecule has 0 unspecified atom stereocenters. The number of carbonyl (C=O) groups excluding carboxylic acids is 1. The highest BCUT2D eigenvalue weighted by molar-refractivity contribution is 6.30. The predicted molar refractivity (Wildman–Crippen MR) is 86.9 cm³/mol. The van der Waals surface area contributed by atoms with Crippen LogP contribution in [0.1, 0.15) is 0 Å². The highest BCUT2D eigenvalue weighted by atomic mass is 35.5. The Kier molecular flexibility index (Phi) is 5.80. The van der Waals surface area contributed by atoms with E-state index in [2.05, 4.69) is 15.4 Å². The topological polar surface area (TPSA) is 50.4 Å². The number of hydrogen-bond donors (Lipinski definition) is 2. The maximum Gasteiger partial charge on any atom is 0.444 e. The Morgan fingerprint density at radius 2 is 1.83 bits per heavy atom. The van der Waals surface area contributed by atoms with E-state index in [1.54, 1.807) is 18.2 Å². The second-order valence-electron chi connectivity index (χ2n) is 4.55. The van der Waals surface area contributed by atoms with Crippen LogP contribution in [-0.2, 0) is 0 Å². The molecule has 0 aliphatic heterocycles. The summed E-state index contributed by atoms with van der Waals surface area (Å²) in [6.45, 7) is 0. The molecule has 0 bridgehead atoms. The molecular weight excluding hydrogens is 368 g/mol. The van der Waals surface area contributed by atoms with Crippen molar-refractivity contribution in [2.75, 3.05) is 10.6 Å². The van der Waals surface area contributed by atoms with Gasteiger partial charge in [0, 0.05) is 10.7 Å². The van der Waals surface area contributed by atoms with Gasteiger partial charge in [-0.2, -0.15) is 8.78 Å². The highest BCUT2D eigenvalue weighted by Crippen LogP contribution is 2.33. The summed E-state index contributed by atoms with van der Waals surface area (Å²) in [4.78, 5) is 11.9. The van der Waals surface area contributed by atoms with Crippen LogP contribution in [0.2, 0.25) is 5.02 Å². The van der Waals surface area contributed by atoms with E-state index in [0.29, 0.717) is 10.7 Å². The lowest BCUT2D eigenvalue weighted by atomic mass is 10.3. The summed E-state index contributed by atoms with van der Waals surface area (Å²) in [6.07, 6.45) is -4.25. The number of anilines is 2. The van der Waals surface area contributed by atoms with Crippen molar-refractivity contribution in [2.45, 2.75) is 11.7 Å². The van der Waals surface area contributed by atoms with E-state index in [0.717, 1.165) is 6.07 Å². The van der Waals surface area contributed by atoms with E-state index < -0.39 is 23.5 Å². The van der Waals surface area contributed by atoms with Crippen LogP contribution in [0.4, 0.5) is 29.3 Å².